The molecule has 5 aromatic rings. The van der Waals surface area contributed by atoms with E-state index in [0.717, 1.165) is 38.9 Å². The summed E-state index contributed by atoms with van der Waals surface area (Å²) in [5, 5.41) is 18.1. The fourth-order valence-corrected chi connectivity index (χ4v) is 6.83. The molecule has 0 unspecified atom stereocenters. The lowest BCUT2D eigenvalue weighted by Crippen LogP contribution is -2.56. The number of fused-ring (bicyclic) bond motifs is 3. The van der Waals surface area contributed by atoms with Crippen molar-refractivity contribution in [3.63, 3.8) is 0 Å². The third-order valence-corrected chi connectivity index (χ3v) is 9.53. The molecule has 4 N–H and O–H groups in total. The SMILES string of the molecule is CC(C)(NC(=O)[C@@H](CCC(=O)NC(c1ccccc1)(c1ccccc1)c1ccccc1)NC(=O)OCC1c2ccccc2-c2ccccc21)C(=O)O. The van der Waals surface area contributed by atoms with Gasteiger partial charge in [0, 0.05) is 12.3 Å². The number of amides is 3. The summed E-state index contributed by atoms with van der Waals surface area (Å²) >= 11 is 0. The van der Waals surface area contributed by atoms with Gasteiger partial charge in [0.2, 0.25) is 11.8 Å². The predicted octanol–water partition coefficient (Wildman–Crippen LogP) is 6.76. The number of carbonyl (C=O) groups excluding carboxylic acids is 3. The van der Waals surface area contributed by atoms with Crippen molar-refractivity contribution in [1.29, 1.82) is 0 Å². The summed E-state index contributed by atoms with van der Waals surface area (Å²) in [6, 6.07) is 43.5. The van der Waals surface area contributed by atoms with E-state index in [0.29, 0.717) is 0 Å². The highest BCUT2D eigenvalue weighted by molar-refractivity contribution is 5.91. The van der Waals surface area contributed by atoms with Crippen LogP contribution in [0, 0.1) is 0 Å². The van der Waals surface area contributed by atoms with Crippen LogP contribution < -0.4 is 16.0 Å². The first-order valence-electron chi connectivity index (χ1n) is 17.2. The van der Waals surface area contributed by atoms with E-state index in [1.54, 1.807) is 0 Å². The van der Waals surface area contributed by atoms with Crippen molar-refractivity contribution >= 4 is 23.9 Å². The Morgan fingerprint density at radius 2 is 1.10 bits per heavy atom. The molecule has 1 atom stereocenters. The fraction of sp³-hybridized carbons (Fsp3) is 0.209. The normalized spacial score (nSPS) is 12.9. The topological polar surface area (TPSA) is 134 Å². The molecular weight excluding hydrogens is 654 g/mol. The Bertz CT molecular complexity index is 1910. The number of rotatable bonds is 13. The lowest BCUT2D eigenvalue weighted by Gasteiger charge is -2.37. The van der Waals surface area contributed by atoms with Crippen LogP contribution in [0.3, 0.4) is 0 Å². The number of carboxylic acids is 1. The van der Waals surface area contributed by atoms with Gasteiger partial charge in [-0.25, -0.2) is 9.59 Å². The van der Waals surface area contributed by atoms with Gasteiger partial charge in [-0.15, -0.1) is 0 Å². The minimum atomic E-state index is -1.64. The molecule has 0 aromatic heterocycles. The molecule has 1 aliphatic rings. The van der Waals surface area contributed by atoms with Crippen LogP contribution in [0.1, 0.15) is 60.4 Å². The predicted molar refractivity (Wildman–Crippen MR) is 198 cm³/mol. The second kappa shape index (κ2) is 15.3. The lowest BCUT2D eigenvalue weighted by molar-refractivity contribution is -0.146. The molecule has 0 fully saturated rings. The van der Waals surface area contributed by atoms with E-state index in [1.165, 1.54) is 13.8 Å². The molecule has 0 aliphatic heterocycles. The molecule has 52 heavy (non-hydrogen) atoms. The zero-order valence-electron chi connectivity index (χ0n) is 29.0. The maximum Gasteiger partial charge on any atom is 0.407 e. The van der Waals surface area contributed by atoms with E-state index in [2.05, 4.69) is 16.0 Å². The van der Waals surface area contributed by atoms with Crippen molar-refractivity contribution in [2.24, 2.45) is 0 Å². The van der Waals surface area contributed by atoms with Gasteiger partial charge in [0.05, 0.1) is 0 Å². The van der Waals surface area contributed by atoms with E-state index in [9.17, 15) is 24.3 Å². The van der Waals surface area contributed by atoms with Gasteiger partial charge in [0.15, 0.2) is 0 Å². The molecule has 0 saturated carbocycles. The van der Waals surface area contributed by atoms with Crippen molar-refractivity contribution in [3.8, 4) is 11.1 Å². The summed E-state index contributed by atoms with van der Waals surface area (Å²) in [6.45, 7) is 2.71. The third-order valence-electron chi connectivity index (χ3n) is 9.53. The molecule has 6 rings (SSSR count). The van der Waals surface area contributed by atoms with E-state index in [4.69, 9.17) is 4.74 Å². The van der Waals surface area contributed by atoms with Crippen LogP contribution in [0.15, 0.2) is 140 Å². The number of aliphatic carboxylic acids is 1. The molecular formula is C43H41N3O6. The molecule has 9 heteroatoms. The highest BCUT2D eigenvalue weighted by Crippen LogP contribution is 2.44. The summed E-state index contributed by atoms with van der Waals surface area (Å²) < 4.78 is 5.71. The van der Waals surface area contributed by atoms with E-state index >= 15 is 0 Å². The van der Waals surface area contributed by atoms with Gasteiger partial charge in [-0.05, 0) is 59.2 Å². The first kappa shape index (κ1) is 35.6. The second-order valence-corrected chi connectivity index (χ2v) is 13.4. The number of hydrogen-bond donors (Lipinski definition) is 4. The molecule has 0 radical (unpaired) electrons. The van der Waals surface area contributed by atoms with Crippen LogP contribution in [0.4, 0.5) is 4.79 Å². The van der Waals surface area contributed by atoms with Crippen LogP contribution in [0.25, 0.3) is 11.1 Å². The van der Waals surface area contributed by atoms with Gasteiger partial charge in [0.25, 0.3) is 0 Å². The van der Waals surface area contributed by atoms with Crippen LogP contribution in [-0.2, 0) is 24.7 Å². The molecule has 0 heterocycles. The zero-order valence-corrected chi connectivity index (χ0v) is 29.0. The Morgan fingerprint density at radius 3 is 1.56 bits per heavy atom. The van der Waals surface area contributed by atoms with Crippen LogP contribution in [0.2, 0.25) is 0 Å². The Hall–Kier alpha value is -6.22. The molecule has 0 bridgehead atoms. The average Bonchev–Trinajstić information content (AvgIpc) is 3.49. The fourth-order valence-electron chi connectivity index (χ4n) is 6.83. The number of nitrogens with one attached hydrogen (secondary N) is 3. The summed E-state index contributed by atoms with van der Waals surface area (Å²) in [6.07, 6.45) is -1.17. The summed E-state index contributed by atoms with van der Waals surface area (Å²) in [5.74, 6) is -2.60. The highest BCUT2D eigenvalue weighted by Gasteiger charge is 2.39. The van der Waals surface area contributed by atoms with E-state index in [-0.39, 0.29) is 31.3 Å². The van der Waals surface area contributed by atoms with Crippen molar-refractivity contribution in [3.05, 3.63) is 167 Å². The molecule has 3 amide bonds. The Morgan fingerprint density at radius 1 is 0.654 bits per heavy atom. The molecule has 5 aromatic carbocycles. The van der Waals surface area contributed by atoms with Gasteiger partial charge in [0.1, 0.15) is 23.7 Å². The van der Waals surface area contributed by atoms with Crippen molar-refractivity contribution < 1.29 is 29.0 Å². The molecule has 9 nitrogen and oxygen atoms in total. The number of carboxylic acid groups (broad SMARTS) is 1. The molecule has 264 valence electrons. The Balaban J connectivity index is 1.22. The van der Waals surface area contributed by atoms with Crippen LogP contribution in [0.5, 0.6) is 0 Å². The number of carbonyl (C=O) groups is 4. The van der Waals surface area contributed by atoms with Crippen LogP contribution >= 0.6 is 0 Å². The van der Waals surface area contributed by atoms with Gasteiger partial charge in [-0.3, -0.25) is 9.59 Å². The van der Waals surface area contributed by atoms with Gasteiger partial charge in [-0.2, -0.15) is 0 Å². The van der Waals surface area contributed by atoms with E-state index in [1.807, 2.05) is 140 Å². The summed E-state index contributed by atoms with van der Waals surface area (Å²) in [4.78, 5) is 52.8. The van der Waals surface area contributed by atoms with Crippen molar-refractivity contribution in [1.82, 2.24) is 16.0 Å². The number of ether oxygens (including phenoxy) is 1. The standard InChI is InChI=1S/C43H41N3O6/c1-42(2,40(49)50)46-39(48)37(44-41(51)52-28-36-34-24-14-12-22-32(34)33-23-13-15-25-35(33)36)26-27-38(47)45-43(29-16-6-3-7-17-29,30-18-8-4-9-19-30)31-20-10-5-11-21-31/h3-25,36-37H,26-28H2,1-2H3,(H,44,51)(H,45,47)(H,46,48)(H,49,50)/t37-/m1/s1. The summed E-state index contributed by atoms with van der Waals surface area (Å²) in [7, 11) is 0. The maximum absolute atomic E-state index is 14.0. The first-order chi connectivity index (χ1) is 25.1. The smallest absolute Gasteiger partial charge is 0.407 e. The second-order valence-electron chi connectivity index (χ2n) is 13.4. The molecule has 1 aliphatic carbocycles. The van der Waals surface area contributed by atoms with Gasteiger partial charge >= 0.3 is 12.1 Å². The molecule has 0 spiro atoms. The summed E-state index contributed by atoms with van der Waals surface area (Å²) in [5.41, 5.74) is 3.98. The first-order valence-corrected chi connectivity index (χ1v) is 17.2. The minimum Gasteiger partial charge on any atom is -0.480 e. The maximum atomic E-state index is 14.0. The monoisotopic (exact) mass is 695 g/mol. The number of hydrogen-bond acceptors (Lipinski definition) is 5. The third kappa shape index (κ3) is 7.44. The number of alkyl carbamates (subject to hydrolysis) is 1. The van der Waals surface area contributed by atoms with Gasteiger partial charge < -0.3 is 25.8 Å². The largest absolute Gasteiger partial charge is 0.480 e. The quantitative estimate of drug-likeness (QED) is 0.101. The zero-order chi connectivity index (χ0) is 36.7. The number of benzene rings is 5. The molecule has 0 saturated heterocycles. The van der Waals surface area contributed by atoms with Crippen molar-refractivity contribution in [2.45, 2.75) is 49.7 Å². The highest BCUT2D eigenvalue weighted by atomic mass is 16.5. The Kier molecular flexibility index (Phi) is 10.5. The van der Waals surface area contributed by atoms with E-state index < -0.39 is 35.1 Å². The van der Waals surface area contributed by atoms with Gasteiger partial charge in [-0.1, -0.05) is 140 Å². The van der Waals surface area contributed by atoms with Crippen LogP contribution in [-0.4, -0.2) is 47.2 Å². The average molecular weight is 696 g/mol. The van der Waals surface area contributed by atoms with Crippen molar-refractivity contribution in [2.75, 3.05) is 6.61 Å². The lowest BCUT2D eigenvalue weighted by atomic mass is 9.77. The Labute approximate surface area is 303 Å². The minimum absolute atomic E-state index is 0.0169.